The number of hydrogen-bond acceptors (Lipinski definition) is 3. The van der Waals surface area contributed by atoms with Crippen LogP contribution in [0.25, 0.3) is 0 Å². The molecule has 148 valence electrons. The average Bonchev–Trinajstić information content (AvgIpc) is 2.62. The average molecular weight is 454 g/mol. The van der Waals surface area contributed by atoms with Crippen molar-refractivity contribution in [1.29, 1.82) is 0 Å². The number of hydrogen-bond donors (Lipinski definition) is 3. The first-order valence-corrected chi connectivity index (χ1v) is 9.11. The molecule has 0 heterocycles. The number of anilines is 1. The van der Waals surface area contributed by atoms with E-state index in [1.54, 1.807) is 6.07 Å². The van der Waals surface area contributed by atoms with Crippen LogP contribution < -0.4 is 16.0 Å². The molecule has 2 aromatic carbocycles. The molecule has 0 unspecified atom stereocenters. The molecule has 3 amide bonds. The van der Waals surface area contributed by atoms with Gasteiger partial charge in [0.2, 0.25) is 11.8 Å². The van der Waals surface area contributed by atoms with E-state index < -0.39 is 30.0 Å². The second kappa shape index (κ2) is 9.93. The molecular weight excluding hydrogens is 436 g/mol. The third kappa shape index (κ3) is 6.41. The molecule has 0 aliphatic rings. The molecule has 2 aromatic rings. The van der Waals surface area contributed by atoms with Crippen LogP contribution in [0.2, 0.25) is 0 Å². The minimum absolute atomic E-state index is 0.0399. The van der Waals surface area contributed by atoms with E-state index in [1.165, 1.54) is 0 Å². The van der Waals surface area contributed by atoms with Crippen molar-refractivity contribution in [3.63, 3.8) is 0 Å². The van der Waals surface area contributed by atoms with Gasteiger partial charge in [-0.1, -0.05) is 22.0 Å². The van der Waals surface area contributed by atoms with E-state index in [-0.39, 0.29) is 24.4 Å². The smallest absolute Gasteiger partial charge is 0.254 e. The summed E-state index contributed by atoms with van der Waals surface area (Å²) in [6.45, 7) is 1.52. The van der Waals surface area contributed by atoms with Crippen LogP contribution in [0.1, 0.15) is 22.3 Å². The van der Waals surface area contributed by atoms with Gasteiger partial charge in [0.15, 0.2) is 0 Å². The molecule has 0 bridgehead atoms. The lowest BCUT2D eigenvalue weighted by Crippen LogP contribution is -2.38. The van der Waals surface area contributed by atoms with Crippen LogP contribution in [0.15, 0.2) is 40.9 Å². The van der Waals surface area contributed by atoms with E-state index in [4.69, 9.17) is 0 Å². The standard InChI is InChI=1S/C19H18BrF2N3O3/c1-11-2-3-12(20)8-16(11)25-17(26)6-7-23-18(27)10-24-19(28)14-5-4-13(21)9-15(14)22/h2-5,8-9H,6-7,10H2,1H3,(H,23,27)(H,24,28)(H,25,26). The minimum Gasteiger partial charge on any atom is -0.354 e. The highest BCUT2D eigenvalue weighted by atomic mass is 79.9. The molecule has 28 heavy (non-hydrogen) atoms. The lowest BCUT2D eigenvalue weighted by atomic mass is 10.2. The van der Waals surface area contributed by atoms with Crippen molar-refractivity contribution >= 4 is 39.3 Å². The highest BCUT2D eigenvalue weighted by Gasteiger charge is 2.13. The highest BCUT2D eigenvalue weighted by Crippen LogP contribution is 2.20. The number of carbonyl (C=O) groups is 3. The van der Waals surface area contributed by atoms with E-state index in [0.29, 0.717) is 11.8 Å². The fourth-order valence-corrected chi connectivity index (χ4v) is 2.61. The van der Waals surface area contributed by atoms with E-state index in [1.807, 2.05) is 19.1 Å². The van der Waals surface area contributed by atoms with Crippen LogP contribution in [0.5, 0.6) is 0 Å². The lowest BCUT2D eigenvalue weighted by Gasteiger charge is -2.10. The molecule has 0 radical (unpaired) electrons. The molecule has 0 aromatic heterocycles. The summed E-state index contributed by atoms with van der Waals surface area (Å²) >= 11 is 3.33. The molecule has 0 fully saturated rings. The van der Waals surface area contributed by atoms with Gasteiger partial charge in [-0.2, -0.15) is 0 Å². The van der Waals surface area contributed by atoms with Gasteiger partial charge in [0, 0.05) is 29.2 Å². The summed E-state index contributed by atoms with van der Waals surface area (Å²) in [5.74, 6) is -3.47. The van der Waals surface area contributed by atoms with Crippen molar-refractivity contribution in [2.75, 3.05) is 18.4 Å². The Bertz CT molecular complexity index is 906. The van der Waals surface area contributed by atoms with Gasteiger partial charge in [-0.05, 0) is 36.8 Å². The summed E-state index contributed by atoms with van der Waals surface area (Å²) < 4.78 is 27.2. The first kappa shape index (κ1) is 21.5. The number of nitrogens with one attached hydrogen (secondary N) is 3. The summed E-state index contributed by atoms with van der Waals surface area (Å²) in [5.41, 5.74) is 1.20. The number of aryl methyl sites for hydroxylation is 1. The van der Waals surface area contributed by atoms with Gasteiger partial charge in [0.1, 0.15) is 11.6 Å². The fourth-order valence-electron chi connectivity index (χ4n) is 2.25. The molecule has 0 aliphatic heterocycles. The van der Waals surface area contributed by atoms with Crippen LogP contribution >= 0.6 is 15.9 Å². The van der Waals surface area contributed by atoms with Crippen molar-refractivity contribution in [1.82, 2.24) is 10.6 Å². The Morgan fingerprint density at radius 3 is 2.46 bits per heavy atom. The quantitative estimate of drug-likeness (QED) is 0.602. The van der Waals surface area contributed by atoms with Crippen LogP contribution in [0, 0.1) is 18.6 Å². The van der Waals surface area contributed by atoms with E-state index in [2.05, 4.69) is 31.9 Å². The summed E-state index contributed by atoms with van der Waals surface area (Å²) in [6, 6.07) is 8.01. The Morgan fingerprint density at radius 1 is 1.00 bits per heavy atom. The molecule has 3 N–H and O–H groups in total. The van der Waals surface area contributed by atoms with Crippen molar-refractivity contribution in [3.05, 3.63) is 63.6 Å². The maximum atomic E-state index is 13.5. The number of amides is 3. The highest BCUT2D eigenvalue weighted by molar-refractivity contribution is 9.10. The first-order valence-electron chi connectivity index (χ1n) is 8.32. The lowest BCUT2D eigenvalue weighted by molar-refractivity contribution is -0.120. The van der Waals surface area contributed by atoms with Gasteiger partial charge in [0.25, 0.3) is 5.91 Å². The van der Waals surface area contributed by atoms with Crippen LogP contribution in [0.3, 0.4) is 0 Å². The second-order valence-corrected chi connectivity index (χ2v) is 6.83. The van der Waals surface area contributed by atoms with Crippen LogP contribution in [-0.2, 0) is 9.59 Å². The number of rotatable bonds is 7. The predicted octanol–water partition coefficient (Wildman–Crippen LogP) is 2.91. The molecular formula is C19H18BrF2N3O3. The molecule has 0 saturated carbocycles. The Hall–Kier alpha value is -2.81. The van der Waals surface area contributed by atoms with Gasteiger partial charge >= 0.3 is 0 Å². The third-order valence-corrected chi connectivity index (χ3v) is 4.23. The Morgan fingerprint density at radius 2 is 1.75 bits per heavy atom. The van der Waals surface area contributed by atoms with E-state index in [0.717, 1.165) is 22.2 Å². The second-order valence-electron chi connectivity index (χ2n) is 5.91. The zero-order chi connectivity index (χ0) is 20.7. The van der Waals surface area contributed by atoms with Gasteiger partial charge in [0.05, 0.1) is 12.1 Å². The van der Waals surface area contributed by atoms with Crippen molar-refractivity contribution in [3.8, 4) is 0 Å². The van der Waals surface area contributed by atoms with E-state index >= 15 is 0 Å². The molecule has 0 aliphatic carbocycles. The number of carbonyl (C=O) groups excluding carboxylic acids is 3. The zero-order valence-corrected chi connectivity index (χ0v) is 16.5. The topological polar surface area (TPSA) is 87.3 Å². The first-order chi connectivity index (χ1) is 13.3. The van der Waals surface area contributed by atoms with Crippen LogP contribution in [-0.4, -0.2) is 30.8 Å². The Labute approximate surface area is 168 Å². The monoisotopic (exact) mass is 453 g/mol. The van der Waals surface area contributed by atoms with Gasteiger partial charge in [-0.25, -0.2) is 8.78 Å². The molecule has 0 atom stereocenters. The van der Waals surface area contributed by atoms with Gasteiger partial charge in [-0.3, -0.25) is 14.4 Å². The number of benzene rings is 2. The van der Waals surface area contributed by atoms with Crippen molar-refractivity contribution < 1.29 is 23.2 Å². The normalized spacial score (nSPS) is 10.3. The van der Waals surface area contributed by atoms with Gasteiger partial charge < -0.3 is 16.0 Å². The Kier molecular flexibility index (Phi) is 7.62. The minimum atomic E-state index is -1.02. The predicted molar refractivity (Wildman–Crippen MR) is 104 cm³/mol. The van der Waals surface area contributed by atoms with Crippen molar-refractivity contribution in [2.45, 2.75) is 13.3 Å². The van der Waals surface area contributed by atoms with Gasteiger partial charge in [-0.15, -0.1) is 0 Å². The maximum absolute atomic E-state index is 13.5. The largest absolute Gasteiger partial charge is 0.354 e. The summed E-state index contributed by atoms with van der Waals surface area (Å²) in [7, 11) is 0. The zero-order valence-electron chi connectivity index (χ0n) is 14.9. The third-order valence-electron chi connectivity index (χ3n) is 3.73. The molecule has 0 spiro atoms. The fraction of sp³-hybridized carbons (Fsp3) is 0.211. The van der Waals surface area contributed by atoms with E-state index in [9.17, 15) is 23.2 Å². The summed E-state index contributed by atoms with van der Waals surface area (Å²) in [6.07, 6.45) is 0.0399. The SMILES string of the molecule is Cc1ccc(Br)cc1NC(=O)CCNC(=O)CNC(=O)c1ccc(F)cc1F. The summed E-state index contributed by atoms with van der Waals surface area (Å²) in [5, 5.41) is 7.45. The Balaban J connectivity index is 1.73. The molecule has 6 nitrogen and oxygen atoms in total. The molecule has 2 rings (SSSR count). The maximum Gasteiger partial charge on any atom is 0.254 e. The van der Waals surface area contributed by atoms with Crippen LogP contribution in [0.4, 0.5) is 14.5 Å². The molecule has 0 saturated heterocycles. The number of halogens is 3. The summed E-state index contributed by atoms with van der Waals surface area (Å²) in [4.78, 5) is 35.5. The molecule has 9 heteroatoms. The van der Waals surface area contributed by atoms with Crippen molar-refractivity contribution in [2.24, 2.45) is 0 Å².